The third kappa shape index (κ3) is 2.79. The molecule has 1 aliphatic rings. The molecule has 3 N–H and O–H groups in total. The smallest absolute Gasteiger partial charge is 0.126 e. The van der Waals surface area contributed by atoms with Gasteiger partial charge in [-0.2, -0.15) is 5.26 Å². The van der Waals surface area contributed by atoms with Crippen molar-refractivity contribution >= 4 is 5.82 Å². The van der Waals surface area contributed by atoms with Crippen LogP contribution in [0.4, 0.5) is 5.82 Å². The Kier molecular flexibility index (Phi) is 3.36. The van der Waals surface area contributed by atoms with Gasteiger partial charge in [-0.25, -0.2) is 4.98 Å². The second-order valence-electron chi connectivity index (χ2n) is 5.15. The van der Waals surface area contributed by atoms with E-state index in [1.807, 2.05) is 36.5 Å². The number of nitrogens with zero attached hydrogens (tertiary/aromatic N) is 2. The Bertz CT molecular complexity index is 625. The molecule has 4 nitrogen and oxygen atoms in total. The number of hydrogen-bond acceptors (Lipinski definition) is 4. The van der Waals surface area contributed by atoms with Gasteiger partial charge in [-0.05, 0) is 35.7 Å². The van der Waals surface area contributed by atoms with Crippen LogP contribution < -0.4 is 11.1 Å². The van der Waals surface area contributed by atoms with Crippen LogP contribution in [0.15, 0.2) is 42.6 Å². The highest BCUT2D eigenvalue weighted by atomic mass is 15.0. The summed E-state index contributed by atoms with van der Waals surface area (Å²) in [4.78, 5) is 4.40. The van der Waals surface area contributed by atoms with Crippen molar-refractivity contribution in [3.05, 3.63) is 59.3 Å². The first kappa shape index (κ1) is 12.6. The second-order valence-corrected chi connectivity index (χ2v) is 5.15. The molecule has 1 fully saturated rings. The summed E-state index contributed by atoms with van der Waals surface area (Å²) >= 11 is 0. The number of nitriles is 1. The lowest BCUT2D eigenvalue weighted by Crippen LogP contribution is -2.03. The molecule has 1 aromatic heterocycles. The van der Waals surface area contributed by atoms with Gasteiger partial charge in [-0.15, -0.1) is 0 Å². The summed E-state index contributed by atoms with van der Waals surface area (Å²) in [7, 11) is 0. The number of anilines is 1. The van der Waals surface area contributed by atoms with E-state index < -0.39 is 0 Å². The zero-order valence-electron chi connectivity index (χ0n) is 11.1. The normalized spacial score (nSPS) is 20.2. The molecule has 4 heteroatoms. The minimum atomic E-state index is 0.314. The summed E-state index contributed by atoms with van der Waals surface area (Å²) in [6, 6.07) is 14.0. The SMILES string of the molecule is N#Cc1ccc(CNc2ccc(C3CC3N)cn2)cc1. The minimum Gasteiger partial charge on any atom is -0.366 e. The van der Waals surface area contributed by atoms with E-state index in [1.54, 1.807) is 0 Å². The lowest BCUT2D eigenvalue weighted by molar-refractivity contribution is 0.978. The Labute approximate surface area is 118 Å². The fourth-order valence-electron chi connectivity index (χ4n) is 2.22. The van der Waals surface area contributed by atoms with E-state index in [1.165, 1.54) is 5.56 Å². The van der Waals surface area contributed by atoms with Crippen molar-refractivity contribution in [2.24, 2.45) is 5.73 Å². The molecule has 0 saturated heterocycles. The quantitative estimate of drug-likeness (QED) is 0.889. The molecule has 0 spiro atoms. The Hall–Kier alpha value is -2.38. The van der Waals surface area contributed by atoms with E-state index in [0.29, 0.717) is 24.1 Å². The molecule has 0 aliphatic heterocycles. The molecule has 2 unspecified atom stereocenters. The van der Waals surface area contributed by atoms with Gasteiger partial charge >= 0.3 is 0 Å². The van der Waals surface area contributed by atoms with Crippen molar-refractivity contribution < 1.29 is 0 Å². The molecule has 20 heavy (non-hydrogen) atoms. The maximum absolute atomic E-state index is 8.75. The van der Waals surface area contributed by atoms with E-state index in [4.69, 9.17) is 11.0 Å². The Balaban J connectivity index is 1.59. The lowest BCUT2D eigenvalue weighted by Gasteiger charge is -2.06. The van der Waals surface area contributed by atoms with Crippen LogP contribution in [0.1, 0.15) is 29.0 Å². The average Bonchev–Trinajstić information content (AvgIpc) is 3.23. The average molecular weight is 264 g/mol. The number of pyridine rings is 1. The fraction of sp³-hybridized carbons (Fsp3) is 0.250. The Morgan fingerprint density at radius 1 is 1.25 bits per heavy atom. The zero-order chi connectivity index (χ0) is 13.9. The second kappa shape index (κ2) is 5.32. The number of benzene rings is 1. The molecular weight excluding hydrogens is 248 g/mol. The molecule has 1 saturated carbocycles. The van der Waals surface area contributed by atoms with E-state index >= 15 is 0 Å². The van der Waals surface area contributed by atoms with Crippen molar-refractivity contribution in [3.63, 3.8) is 0 Å². The van der Waals surface area contributed by atoms with Crippen molar-refractivity contribution in [2.75, 3.05) is 5.32 Å². The molecule has 1 aromatic carbocycles. The monoisotopic (exact) mass is 264 g/mol. The van der Waals surface area contributed by atoms with Crippen molar-refractivity contribution in [1.29, 1.82) is 5.26 Å². The molecule has 1 aliphatic carbocycles. The van der Waals surface area contributed by atoms with E-state index in [2.05, 4.69) is 22.4 Å². The van der Waals surface area contributed by atoms with Crippen LogP contribution in [0.2, 0.25) is 0 Å². The maximum atomic E-state index is 8.75. The van der Waals surface area contributed by atoms with E-state index in [-0.39, 0.29) is 0 Å². The predicted octanol–water partition coefficient (Wildman–Crippen LogP) is 2.38. The summed E-state index contributed by atoms with van der Waals surface area (Å²) in [6.07, 6.45) is 2.97. The van der Waals surface area contributed by atoms with Gasteiger partial charge in [0.25, 0.3) is 0 Å². The van der Waals surface area contributed by atoms with Crippen LogP contribution in [-0.4, -0.2) is 11.0 Å². The fourth-order valence-corrected chi connectivity index (χ4v) is 2.22. The van der Waals surface area contributed by atoms with Crippen molar-refractivity contribution in [3.8, 4) is 6.07 Å². The molecule has 1 heterocycles. The Morgan fingerprint density at radius 3 is 2.55 bits per heavy atom. The maximum Gasteiger partial charge on any atom is 0.126 e. The lowest BCUT2D eigenvalue weighted by atomic mass is 10.1. The van der Waals surface area contributed by atoms with Crippen molar-refractivity contribution in [1.82, 2.24) is 4.98 Å². The summed E-state index contributed by atoms with van der Waals surface area (Å²) < 4.78 is 0. The first-order valence-corrected chi connectivity index (χ1v) is 6.71. The number of rotatable bonds is 4. The highest BCUT2D eigenvalue weighted by Crippen LogP contribution is 2.38. The minimum absolute atomic E-state index is 0.314. The predicted molar refractivity (Wildman–Crippen MR) is 78.1 cm³/mol. The standard InChI is InChI=1S/C16H16N4/c17-8-11-1-3-12(4-2-11)9-19-16-6-5-13(10-20-16)14-7-15(14)18/h1-6,10,14-15H,7,9,18H2,(H,19,20). The van der Waals surface area contributed by atoms with Crippen molar-refractivity contribution in [2.45, 2.75) is 24.9 Å². The summed E-state index contributed by atoms with van der Waals surface area (Å²) in [5.41, 5.74) is 8.85. The van der Waals surface area contributed by atoms with E-state index in [9.17, 15) is 0 Å². The molecular formula is C16H16N4. The number of nitrogens with one attached hydrogen (secondary N) is 1. The topological polar surface area (TPSA) is 74.7 Å². The highest BCUT2D eigenvalue weighted by molar-refractivity contribution is 5.40. The number of hydrogen-bond donors (Lipinski definition) is 2. The third-order valence-corrected chi connectivity index (χ3v) is 3.61. The van der Waals surface area contributed by atoms with Crippen LogP contribution in [0.3, 0.4) is 0 Å². The Morgan fingerprint density at radius 2 is 2.00 bits per heavy atom. The van der Waals surface area contributed by atoms with Gasteiger partial charge in [0, 0.05) is 24.7 Å². The molecule has 0 bridgehead atoms. The summed E-state index contributed by atoms with van der Waals surface area (Å²) in [5.74, 6) is 1.35. The van der Waals surface area contributed by atoms with Gasteiger partial charge in [0.15, 0.2) is 0 Å². The number of aromatic nitrogens is 1. The van der Waals surface area contributed by atoms with Crippen LogP contribution >= 0.6 is 0 Å². The number of nitrogens with two attached hydrogens (primary N) is 1. The van der Waals surface area contributed by atoms with Crippen LogP contribution in [0.5, 0.6) is 0 Å². The zero-order valence-corrected chi connectivity index (χ0v) is 11.1. The summed E-state index contributed by atoms with van der Waals surface area (Å²) in [5, 5.41) is 12.0. The molecule has 3 rings (SSSR count). The third-order valence-electron chi connectivity index (χ3n) is 3.61. The van der Waals surface area contributed by atoms with Crippen LogP contribution in [0, 0.1) is 11.3 Å². The molecule has 0 radical (unpaired) electrons. The van der Waals surface area contributed by atoms with E-state index in [0.717, 1.165) is 17.8 Å². The highest BCUT2D eigenvalue weighted by Gasteiger charge is 2.34. The summed E-state index contributed by atoms with van der Waals surface area (Å²) in [6.45, 7) is 0.695. The molecule has 2 aromatic rings. The van der Waals surface area contributed by atoms with Gasteiger partial charge in [0.2, 0.25) is 0 Å². The first-order valence-electron chi connectivity index (χ1n) is 6.71. The van der Waals surface area contributed by atoms with Gasteiger partial charge in [0.05, 0.1) is 11.6 Å². The first-order chi connectivity index (χ1) is 9.76. The molecule has 2 atom stereocenters. The van der Waals surface area contributed by atoms with Gasteiger partial charge in [-0.1, -0.05) is 18.2 Å². The van der Waals surface area contributed by atoms with Crippen LogP contribution in [0.25, 0.3) is 0 Å². The van der Waals surface area contributed by atoms with Crippen LogP contribution in [-0.2, 0) is 6.54 Å². The molecule has 100 valence electrons. The largest absolute Gasteiger partial charge is 0.366 e. The van der Waals surface area contributed by atoms with Gasteiger partial charge in [0.1, 0.15) is 5.82 Å². The molecule has 0 amide bonds. The van der Waals surface area contributed by atoms with Gasteiger partial charge in [-0.3, -0.25) is 0 Å². The van der Waals surface area contributed by atoms with Gasteiger partial charge < -0.3 is 11.1 Å².